The van der Waals surface area contributed by atoms with Gasteiger partial charge in [-0.25, -0.2) is 8.42 Å². The molecular formula is C12H13NO4S. The molecule has 5 nitrogen and oxygen atoms in total. The first-order chi connectivity index (χ1) is 8.22. The van der Waals surface area contributed by atoms with Gasteiger partial charge >= 0.3 is 0 Å². The van der Waals surface area contributed by atoms with Gasteiger partial charge in [0.1, 0.15) is 0 Å². The number of nitrogens with two attached hydrogens (primary N) is 1. The van der Waals surface area contributed by atoms with Gasteiger partial charge < -0.3 is 15.9 Å². The van der Waals surface area contributed by atoms with E-state index in [0.29, 0.717) is 11.1 Å². The summed E-state index contributed by atoms with van der Waals surface area (Å²) in [7, 11) is -4.20. The van der Waals surface area contributed by atoms with Gasteiger partial charge in [-0.05, 0) is 35.0 Å². The van der Waals surface area contributed by atoms with Crippen LogP contribution in [-0.4, -0.2) is 23.7 Å². The van der Waals surface area contributed by atoms with E-state index in [9.17, 15) is 18.6 Å². The fourth-order valence-electron chi connectivity index (χ4n) is 1.63. The first-order valence-electron chi connectivity index (χ1n) is 5.20. The lowest BCUT2D eigenvalue weighted by Crippen LogP contribution is -2.34. The summed E-state index contributed by atoms with van der Waals surface area (Å²) in [4.78, 5) is -0.146. The summed E-state index contributed by atoms with van der Waals surface area (Å²) in [6.45, 7) is 0.815. The van der Waals surface area contributed by atoms with Crippen LogP contribution >= 0.6 is 0 Å². The number of fused-ring (bicyclic) bond motifs is 1. The minimum absolute atomic E-state index is 0.146. The molecule has 6 heteroatoms. The first kappa shape index (κ1) is 12.8. The van der Waals surface area contributed by atoms with Gasteiger partial charge in [-0.1, -0.05) is 12.1 Å². The monoisotopic (exact) mass is 267 g/mol. The van der Waals surface area contributed by atoms with Crippen LogP contribution in [0.25, 0.3) is 10.8 Å². The highest BCUT2D eigenvalue weighted by atomic mass is 32.2. The van der Waals surface area contributed by atoms with Crippen molar-refractivity contribution in [1.29, 1.82) is 0 Å². The third kappa shape index (κ3) is 2.05. The normalized spacial score (nSPS) is 12.8. The zero-order valence-corrected chi connectivity index (χ0v) is 10.5. The average Bonchev–Trinajstić information content (AvgIpc) is 2.26. The molecule has 0 atom stereocenters. The van der Waals surface area contributed by atoms with Crippen LogP contribution in [0.2, 0.25) is 0 Å². The Bertz CT molecular complexity index is 702. The fraction of sp³-hybridized carbons (Fsp3) is 0.167. The Morgan fingerprint density at radius 1 is 1.06 bits per heavy atom. The van der Waals surface area contributed by atoms with E-state index < -0.39 is 15.0 Å². The smallest absolute Gasteiger partial charge is 0.270 e. The molecule has 0 fully saturated rings. The Labute approximate surface area is 104 Å². The maximum atomic E-state index is 11.8. The van der Waals surface area contributed by atoms with Crippen molar-refractivity contribution < 1.29 is 18.6 Å². The second-order valence-corrected chi connectivity index (χ2v) is 6.46. The molecule has 0 unspecified atom stereocenters. The molecule has 0 aliphatic heterocycles. The molecule has 0 aliphatic carbocycles. The summed E-state index contributed by atoms with van der Waals surface area (Å²) in [6.07, 6.45) is 0. The van der Waals surface area contributed by atoms with E-state index in [1.165, 1.54) is 12.1 Å². The number of benzene rings is 2. The second kappa shape index (κ2) is 3.94. The van der Waals surface area contributed by atoms with E-state index in [1.807, 2.05) is 0 Å². The van der Waals surface area contributed by atoms with Gasteiger partial charge in [-0.2, -0.15) is 0 Å². The third-order valence-corrected chi connectivity index (χ3v) is 4.55. The maximum Gasteiger partial charge on any atom is 0.270 e. The lowest BCUT2D eigenvalue weighted by molar-refractivity contribution is -0.0681. The molecule has 0 heterocycles. The summed E-state index contributed by atoms with van der Waals surface area (Å²) in [5.41, 5.74) is 6.19. The zero-order valence-electron chi connectivity index (χ0n) is 9.66. The van der Waals surface area contributed by atoms with E-state index in [-0.39, 0.29) is 4.90 Å². The van der Waals surface area contributed by atoms with Crippen molar-refractivity contribution in [1.82, 2.24) is 0 Å². The molecule has 0 aromatic heterocycles. The molecule has 0 aliphatic rings. The Morgan fingerprint density at radius 3 is 2.22 bits per heavy atom. The summed E-state index contributed by atoms with van der Waals surface area (Å²) >= 11 is 0. The first-order valence-corrected chi connectivity index (χ1v) is 6.69. The predicted molar refractivity (Wildman–Crippen MR) is 68.4 cm³/mol. The number of rotatable bonds is 2. The van der Waals surface area contributed by atoms with E-state index in [4.69, 9.17) is 5.73 Å². The fourth-order valence-corrected chi connectivity index (χ4v) is 2.61. The summed E-state index contributed by atoms with van der Waals surface area (Å²) < 4.78 is 23.7. The SMILES string of the molecule is CC(O)(O)S(=O)(=O)c1ccc2cc(N)ccc2c1. The molecule has 0 saturated carbocycles. The number of anilines is 1. The summed E-state index contributed by atoms with van der Waals surface area (Å²) in [6, 6.07) is 9.31. The number of sulfone groups is 1. The van der Waals surface area contributed by atoms with Gasteiger partial charge in [0, 0.05) is 12.6 Å². The molecule has 4 N–H and O–H groups in total. The van der Waals surface area contributed by atoms with Crippen LogP contribution in [0.5, 0.6) is 0 Å². The highest BCUT2D eigenvalue weighted by molar-refractivity contribution is 7.92. The lowest BCUT2D eigenvalue weighted by Gasteiger charge is -2.16. The molecule has 18 heavy (non-hydrogen) atoms. The molecule has 0 amide bonds. The minimum atomic E-state index is -4.20. The highest BCUT2D eigenvalue weighted by Gasteiger charge is 2.35. The standard InChI is InChI=1S/C12H13NO4S/c1-12(14,15)18(16,17)11-5-3-8-6-10(13)4-2-9(8)7-11/h2-7,14-15H,13H2,1H3. The van der Waals surface area contributed by atoms with Gasteiger partial charge in [0.2, 0.25) is 9.84 Å². The van der Waals surface area contributed by atoms with Gasteiger partial charge in [-0.3, -0.25) is 0 Å². The quantitative estimate of drug-likeness (QED) is 0.553. The van der Waals surface area contributed by atoms with Gasteiger partial charge in [0.25, 0.3) is 5.12 Å². The lowest BCUT2D eigenvalue weighted by atomic mass is 10.1. The molecule has 2 rings (SSSR count). The van der Waals surface area contributed by atoms with Crippen LogP contribution in [0, 0.1) is 0 Å². The van der Waals surface area contributed by atoms with Gasteiger partial charge in [-0.15, -0.1) is 0 Å². The number of hydrogen-bond acceptors (Lipinski definition) is 5. The van der Waals surface area contributed by atoms with Crippen molar-refractivity contribution in [2.45, 2.75) is 16.9 Å². The van der Waals surface area contributed by atoms with Gasteiger partial charge in [0.15, 0.2) is 0 Å². The van der Waals surface area contributed by atoms with Crippen molar-refractivity contribution in [3.63, 3.8) is 0 Å². The largest absolute Gasteiger partial charge is 0.399 e. The topological polar surface area (TPSA) is 101 Å². The molecule has 0 spiro atoms. The average molecular weight is 267 g/mol. The highest BCUT2D eigenvalue weighted by Crippen LogP contribution is 2.26. The molecule has 96 valence electrons. The molecular weight excluding hydrogens is 254 g/mol. The van der Waals surface area contributed by atoms with Crippen LogP contribution in [-0.2, 0) is 9.84 Å². The van der Waals surface area contributed by atoms with Crippen LogP contribution in [0.15, 0.2) is 41.3 Å². The Balaban J connectivity index is 2.65. The number of hydrogen-bond donors (Lipinski definition) is 3. The van der Waals surface area contributed by atoms with Crippen LogP contribution < -0.4 is 5.73 Å². The Kier molecular flexibility index (Phi) is 2.81. The molecule has 0 saturated heterocycles. The van der Waals surface area contributed by atoms with Crippen molar-refractivity contribution in [3.8, 4) is 0 Å². The molecule has 2 aromatic rings. The molecule has 0 radical (unpaired) electrons. The summed E-state index contributed by atoms with van der Waals surface area (Å²) in [5, 5.41) is 17.2. The van der Waals surface area contributed by atoms with Crippen LogP contribution in [0.1, 0.15) is 6.92 Å². The Hall–Kier alpha value is -1.63. The number of nitrogen functional groups attached to an aromatic ring is 1. The third-order valence-electron chi connectivity index (χ3n) is 2.66. The van der Waals surface area contributed by atoms with Crippen molar-refractivity contribution in [2.75, 3.05) is 5.73 Å². The van der Waals surface area contributed by atoms with E-state index >= 15 is 0 Å². The van der Waals surface area contributed by atoms with E-state index in [1.54, 1.807) is 24.3 Å². The summed E-state index contributed by atoms with van der Waals surface area (Å²) in [5.74, 6) is 0. The number of aliphatic hydroxyl groups is 2. The van der Waals surface area contributed by atoms with E-state index in [0.717, 1.165) is 12.3 Å². The molecule has 0 bridgehead atoms. The molecule has 2 aromatic carbocycles. The van der Waals surface area contributed by atoms with Crippen LogP contribution in [0.4, 0.5) is 5.69 Å². The van der Waals surface area contributed by atoms with Crippen LogP contribution in [0.3, 0.4) is 0 Å². The Morgan fingerprint density at radius 2 is 1.61 bits per heavy atom. The van der Waals surface area contributed by atoms with Gasteiger partial charge in [0.05, 0.1) is 4.90 Å². The minimum Gasteiger partial charge on any atom is -0.399 e. The van der Waals surface area contributed by atoms with E-state index in [2.05, 4.69) is 0 Å². The van der Waals surface area contributed by atoms with Crippen molar-refractivity contribution in [3.05, 3.63) is 36.4 Å². The van der Waals surface area contributed by atoms with Crippen molar-refractivity contribution >= 4 is 26.3 Å². The van der Waals surface area contributed by atoms with Crippen molar-refractivity contribution in [2.24, 2.45) is 0 Å². The zero-order chi connectivity index (χ0) is 13.6. The second-order valence-electron chi connectivity index (χ2n) is 4.21. The maximum absolute atomic E-state index is 11.8. The predicted octanol–water partition coefficient (Wildman–Crippen LogP) is 0.854.